The average molecular weight is 334 g/mol. The molecular weight excluding hydrogens is 331 g/mol. The molecule has 1 aromatic carbocycles. The fourth-order valence-electron chi connectivity index (χ4n) is 0.722. The zero-order valence-electron chi connectivity index (χ0n) is 6.67. The van der Waals surface area contributed by atoms with Gasteiger partial charge in [0.05, 0.1) is 10.4 Å². The van der Waals surface area contributed by atoms with E-state index in [-0.39, 0.29) is 62.7 Å². The molecule has 0 saturated heterocycles. The number of carboxylic acid groups (broad SMARTS) is 1. The first-order valence-corrected chi connectivity index (χ1v) is 4.50. The number of carbonyl (C=O) groups excluding carboxylic acids is 1. The Balaban J connectivity index is 0.00000144. The van der Waals surface area contributed by atoms with Gasteiger partial charge in [-0.15, -0.1) is 0 Å². The van der Waals surface area contributed by atoms with Crippen molar-refractivity contribution in [1.82, 2.24) is 0 Å². The Morgan fingerprint density at radius 2 is 1.92 bits per heavy atom. The van der Waals surface area contributed by atoms with Crippen LogP contribution in [-0.4, -0.2) is 11.1 Å². The van der Waals surface area contributed by atoms with Crippen LogP contribution in [0.25, 0.3) is 0 Å². The van der Waals surface area contributed by atoms with E-state index in [0.29, 0.717) is 8.95 Å². The van der Waals surface area contributed by atoms with Crippen LogP contribution in [0.5, 0.6) is 5.75 Å². The van der Waals surface area contributed by atoms with Gasteiger partial charge in [0.2, 0.25) is 0 Å². The molecule has 0 atom stereocenters. The first-order chi connectivity index (χ1) is 5.52. The van der Waals surface area contributed by atoms with Gasteiger partial charge in [0.15, 0.2) is 0 Å². The van der Waals surface area contributed by atoms with Crippen LogP contribution >= 0.6 is 31.9 Å². The minimum atomic E-state index is -1.41. The third-order valence-electron chi connectivity index (χ3n) is 1.25. The number of phenols is 1. The molecule has 0 fully saturated rings. The molecule has 0 aliphatic carbocycles. The summed E-state index contributed by atoms with van der Waals surface area (Å²) < 4.78 is 0.877. The normalized spacial score (nSPS) is 9.08. The first kappa shape index (κ1) is 14.1. The van der Waals surface area contributed by atoms with Crippen LogP contribution in [0.1, 0.15) is 10.4 Å². The van der Waals surface area contributed by atoms with Crippen LogP contribution in [-0.2, 0) is 0 Å². The van der Waals surface area contributed by atoms with E-state index in [4.69, 9.17) is 0 Å². The second-order valence-electron chi connectivity index (χ2n) is 2.07. The Bertz CT molecular complexity index is 341. The summed E-state index contributed by atoms with van der Waals surface area (Å²) in [5.74, 6) is -1.73. The van der Waals surface area contributed by atoms with Gasteiger partial charge in [-0.05, 0) is 28.1 Å². The molecular formula is C7H3Br2KO3. The van der Waals surface area contributed by atoms with Gasteiger partial charge in [-0.1, -0.05) is 15.9 Å². The number of rotatable bonds is 1. The molecule has 0 aromatic heterocycles. The summed E-state index contributed by atoms with van der Waals surface area (Å²) in [4.78, 5) is 10.4. The molecule has 0 heterocycles. The Hall–Kier alpha value is 1.09. The molecule has 1 N–H and O–H groups in total. The van der Waals surface area contributed by atoms with Gasteiger partial charge >= 0.3 is 51.4 Å². The van der Waals surface area contributed by atoms with Gasteiger partial charge in [0, 0.05) is 10.0 Å². The number of carboxylic acids is 1. The van der Waals surface area contributed by atoms with E-state index in [2.05, 4.69) is 31.9 Å². The molecule has 0 unspecified atom stereocenters. The smallest absolute Gasteiger partial charge is 0.545 e. The topological polar surface area (TPSA) is 60.4 Å². The third kappa shape index (κ3) is 3.62. The largest absolute Gasteiger partial charge is 1.00 e. The Morgan fingerprint density at radius 1 is 1.38 bits per heavy atom. The molecule has 0 radical (unpaired) electrons. The van der Waals surface area contributed by atoms with E-state index in [0.717, 1.165) is 0 Å². The van der Waals surface area contributed by atoms with Crippen molar-refractivity contribution in [2.24, 2.45) is 0 Å². The Labute approximate surface area is 134 Å². The first-order valence-electron chi connectivity index (χ1n) is 2.91. The molecule has 1 rings (SSSR count). The standard InChI is InChI=1S/C7H4Br2O3.K/c8-3-1-4(7(11)12)6(10)5(9)2-3;/h1-2,10H,(H,11,12);/q;+1/p-1. The van der Waals surface area contributed by atoms with Crippen LogP contribution in [0.2, 0.25) is 0 Å². The van der Waals surface area contributed by atoms with E-state index >= 15 is 0 Å². The van der Waals surface area contributed by atoms with E-state index < -0.39 is 5.97 Å². The van der Waals surface area contributed by atoms with E-state index in [1.54, 1.807) is 6.07 Å². The maximum absolute atomic E-state index is 10.4. The number of hydrogen-bond acceptors (Lipinski definition) is 3. The minimum absolute atomic E-state index is 0. The van der Waals surface area contributed by atoms with Gasteiger partial charge in [-0.3, -0.25) is 0 Å². The molecule has 0 saturated carbocycles. The predicted molar refractivity (Wildman–Crippen MR) is 47.8 cm³/mol. The second kappa shape index (κ2) is 5.84. The van der Waals surface area contributed by atoms with Crippen molar-refractivity contribution in [3.8, 4) is 5.75 Å². The van der Waals surface area contributed by atoms with Gasteiger partial charge in [0.25, 0.3) is 0 Å². The van der Waals surface area contributed by atoms with Crippen LogP contribution < -0.4 is 56.5 Å². The quantitative estimate of drug-likeness (QED) is 0.622. The molecule has 6 heteroatoms. The summed E-state index contributed by atoms with van der Waals surface area (Å²) in [6.45, 7) is 0. The van der Waals surface area contributed by atoms with Crippen molar-refractivity contribution in [2.75, 3.05) is 0 Å². The van der Waals surface area contributed by atoms with Crippen molar-refractivity contribution in [2.45, 2.75) is 0 Å². The predicted octanol–water partition coefficient (Wildman–Crippen LogP) is -1.72. The summed E-state index contributed by atoms with van der Waals surface area (Å²) >= 11 is 6.08. The maximum Gasteiger partial charge on any atom is 1.00 e. The molecule has 1 aromatic rings. The number of carbonyl (C=O) groups is 1. The average Bonchev–Trinajstić information content (AvgIpc) is 1.96. The van der Waals surface area contributed by atoms with Gasteiger partial charge in [0.1, 0.15) is 5.75 Å². The molecule has 0 aliphatic rings. The third-order valence-corrected chi connectivity index (χ3v) is 2.31. The van der Waals surface area contributed by atoms with Crippen molar-refractivity contribution in [1.29, 1.82) is 0 Å². The Morgan fingerprint density at radius 3 is 2.38 bits per heavy atom. The van der Waals surface area contributed by atoms with Crippen LogP contribution in [0.4, 0.5) is 0 Å². The maximum atomic E-state index is 10.4. The van der Waals surface area contributed by atoms with Crippen molar-refractivity contribution < 1.29 is 66.4 Å². The van der Waals surface area contributed by atoms with Crippen LogP contribution in [0.15, 0.2) is 21.1 Å². The van der Waals surface area contributed by atoms with Crippen molar-refractivity contribution >= 4 is 37.8 Å². The molecule has 0 spiro atoms. The zero-order valence-corrected chi connectivity index (χ0v) is 13.0. The summed E-state index contributed by atoms with van der Waals surface area (Å²) in [5.41, 5.74) is -0.240. The summed E-state index contributed by atoms with van der Waals surface area (Å²) in [7, 11) is 0. The van der Waals surface area contributed by atoms with Crippen molar-refractivity contribution in [3.63, 3.8) is 0 Å². The van der Waals surface area contributed by atoms with E-state index in [1.807, 2.05) is 0 Å². The molecule has 64 valence electrons. The van der Waals surface area contributed by atoms with Gasteiger partial charge in [-0.2, -0.15) is 0 Å². The fourth-order valence-corrected chi connectivity index (χ4v) is 1.95. The van der Waals surface area contributed by atoms with Crippen LogP contribution in [0.3, 0.4) is 0 Å². The summed E-state index contributed by atoms with van der Waals surface area (Å²) in [5, 5.41) is 19.6. The molecule has 0 bridgehead atoms. The summed E-state index contributed by atoms with van der Waals surface area (Å²) in [6, 6.07) is 2.82. The summed E-state index contributed by atoms with van der Waals surface area (Å²) in [6.07, 6.45) is 0. The van der Waals surface area contributed by atoms with E-state index in [1.165, 1.54) is 6.07 Å². The number of hydrogen-bond donors (Lipinski definition) is 1. The van der Waals surface area contributed by atoms with Crippen LogP contribution in [0, 0.1) is 0 Å². The SMILES string of the molecule is O=C([O-])c1cc(Br)cc(Br)c1O.[K+]. The minimum Gasteiger partial charge on any atom is -0.545 e. The number of halogens is 2. The van der Waals surface area contributed by atoms with Crippen molar-refractivity contribution in [3.05, 3.63) is 26.6 Å². The number of benzene rings is 1. The molecule has 0 amide bonds. The zero-order chi connectivity index (χ0) is 9.30. The fraction of sp³-hybridized carbons (Fsp3) is 0. The van der Waals surface area contributed by atoms with Gasteiger partial charge < -0.3 is 15.0 Å². The second-order valence-corrected chi connectivity index (χ2v) is 3.84. The van der Waals surface area contributed by atoms with Gasteiger partial charge in [-0.25, -0.2) is 0 Å². The van der Waals surface area contributed by atoms with E-state index in [9.17, 15) is 15.0 Å². The molecule has 0 aliphatic heterocycles. The number of aromatic hydroxyl groups is 1. The molecule has 3 nitrogen and oxygen atoms in total. The molecule has 13 heavy (non-hydrogen) atoms. The monoisotopic (exact) mass is 332 g/mol. The Kier molecular flexibility index (Phi) is 6.33. The number of aromatic carboxylic acids is 1.